The fraction of sp³-hybridized carbons (Fsp3) is 0.333. The summed E-state index contributed by atoms with van der Waals surface area (Å²) in [6, 6.07) is 8.01. The Balaban J connectivity index is 1.39. The third-order valence-corrected chi connectivity index (χ3v) is 5.82. The van der Waals surface area contributed by atoms with Crippen LogP contribution in [0.15, 0.2) is 49.1 Å². The summed E-state index contributed by atoms with van der Waals surface area (Å²) in [5.41, 5.74) is 3.66. The molecule has 1 aliphatic heterocycles. The molecular weight excluding hydrogens is 419 g/mol. The average molecular weight is 447 g/mol. The number of piperazine rings is 1. The van der Waals surface area contributed by atoms with E-state index in [0.717, 1.165) is 43.8 Å². The first-order valence-electron chi connectivity index (χ1n) is 11.2. The summed E-state index contributed by atoms with van der Waals surface area (Å²) in [5.74, 6) is 0.405. The fourth-order valence-electron chi connectivity index (χ4n) is 4.13. The first kappa shape index (κ1) is 21.4. The van der Waals surface area contributed by atoms with Crippen molar-refractivity contribution in [3.05, 3.63) is 60.4 Å². The van der Waals surface area contributed by atoms with Crippen LogP contribution in [0.3, 0.4) is 0 Å². The SMILES string of the molecule is CC(C)n1cc(-c2nc(Nc3ccc(CN4CCNCC4)cn3)ncc2F)c2ncccc21. The van der Waals surface area contributed by atoms with Gasteiger partial charge < -0.3 is 15.2 Å². The Hall–Kier alpha value is -3.43. The van der Waals surface area contributed by atoms with Crippen LogP contribution in [0.4, 0.5) is 16.2 Å². The van der Waals surface area contributed by atoms with E-state index < -0.39 is 5.82 Å². The molecular formula is C24H27FN8. The number of halogens is 1. The van der Waals surface area contributed by atoms with Crippen LogP contribution in [0.5, 0.6) is 0 Å². The Labute approximate surface area is 191 Å². The second-order valence-electron chi connectivity index (χ2n) is 8.51. The lowest BCUT2D eigenvalue weighted by atomic mass is 10.2. The highest BCUT2D eigenvalue weighted by Crippen LogP contribution is 2.32. The van der Waals surface area contributed by atoms with E-state index in [4.69, 9.17) is 0 Å². The predicted octanol–water partition coefficient (Wildman–Crippen LogP) is 3.76. The Bertz CT molecular complexity index is 1250. The largest absolute Gasteiger partial charge is 0.343 e. The molecule has 33 heavy (non-hydrogen) atoms. The molecule has 5 heterocycles. The normalized spacial score (nSPS) is 14.8. The standard InChI is InChI=1S/C24H27FN8/c1-16(2)33-15-18(23-20(33)4-3-7-27-23)22-19(25)13-29-24(31-22)30-21-6-5-17(12-28-21)14-32-10-8-26-9-11-32/h3-7,12-13,15-16,26H,8-11,14H2,1-2H3,(H,28,29,30,31). The van der Waals surface area contributed by atoms with Crippen molar-refractivity contribution >= 4 is 22.8 Å². The third-order valence-electron chi connectivity index (χ3n) is 5.82. The summed E-state index contributed by atoms with van der Waals surface area (Å²) in [6.45, 7) is 9.14. The van der Waals surface area contributed by atoms with Crippen molar-refractivity contribution in [3.63, 3.8) is 0 Å². The Morgan fingerprint density at radius 3 is 2.70 bits per heavy atom. The van der Waals surface area contributed by atoms with Gasteiger partial charge in [0.1, 0.15) is 11.5 Å². The number of pyridine rings is 2. The predicted molar refractivity (Wildman–Crippen MR) is 127 cm³/mol. The molecule has 1 fully saturated rings. The number of nitrogens with one attached hydrogen (secondary N) is 2. The first-order valence-corrected chi connectivity index (χ1v) is 11.2. The van der Waals surface area contributed by atoms with Gasteiger partial charge in [0.2, 0.25) is 5.95 Å². The smallest absolute Gasteiger partial charge is 0.229 e. The third kappa shape index (κ3) is 4.55. The van der Waals surface area contributed by atoms with E-state index in [1.807, 2.05) is 36.7 Å². The fourth-order valence-corrected chi connectivity index (χ4v) is 4.13. The van der Waals surface area contributed by atoms with Crippen molar-refractivity contribution in [1.82, 2.24) is 34.7 Å². The number of anilines is 2. The number of hydrogen-bond acceptors (Lipinski definition) is 7. The van der Waals surface area contributed by atoms with Crippen molar-refractivity contribution in [3.8, 4) is 11.3 Å². The summed E-state index contributed by atoms with van der Waals surface area (Å²) < 4.78 is 16.9. The van der Waals surface area contributed by atoms with Crippen LogP contribution < -0.4 is 10.6 Å². The molecule has 0 aliphatic carbocycles. The van der Waals surface area contributed by atoms with E-state index in [1.165, 1.54) is 6.20 Å². The highest BCUT2D eigenvalue weighted by molar-refractivity contribution is 5.92. The lowest BCUT2D eigenvalue weighted by Gasteiger charge is -2.27. The van der Waals surface area contributed by atoms with Crippen LogP contribution in [-0.4, -0.2) is 55.6 Å². The molecule has 4 aromatic heterocycles. The minimum absolute atomic E-state index is 0.205. The van der Waals surface area contributed by atoms with Crippen molar-refractivity contribution < 1.29 is 4.39 Å². The minimum atomic E-state index is -0.492. The summed E-state index contributed by atoms with van der Waals surface area (Å²) >= 11 is 0. The minimum Gasteiger partial charge on any atom is -0.343 e. The van der Waals surface area contributed by atoms with Gasteiger partial charge in [-0.2, -0.15) is 0 Å². The molecule has 0 spiro atoms. The van der Waals surface area contributed by atoms with Crippen LogP contribution in [0.1, 0.15) is 25.5 Å². The molecule has 2 N–H and O–H groups in total. The average Bonchev–Trinajstić information content (AvgIpc) is 3.22. The van der Waals surface area contributed by atoms with Gasteiger partial charge in [-0.3, -0.25) is 9.88 Å². The van der Waals surface area contributed by atoms with Gasteiger partial charge in [0, 0.05) is 62.9 Å². The maximum atomic E-state index is 14.8. The Morgan fingerprint density at radius 2 is 1.94 bits per heavy atom. The van der Waals surface area contributed by atoms with Crippen molar-refractivity contribution in [2.24, 2.45) is 0 Å². The molecule has 5 rings (SSSR count). The molecule has 4 aromatic rings. The molecule has 8 nitrogen and oxygen atoms in total. The second-order valence-corrected chi connectivity index (χ2v) is 8.51. The van der Waals surface area contributed by atoms with Gasteiger partial charge in [-0.1, -0.05) is 6.07 Å². The van der Waals surface area contributed by atoms with Gasteiger partial charge in [0.05, 0.1) is 17.2 Å². The topological polar surface area (TPSA) is 83.8 Å². The van der Waals surface area contributed by atoms with Crippen LogP contribution in [0.25, 0.3) is 22.3 Å². The molecule has 1 aliphatic rings. The monoisotopic (exact) mass is 446 g/mol. The van der Waals surface area contributed by atoms with Crippen molar-refractivity contribution in [2.45, 2.75) is 26.4 Å². The number of nitrogens with zero attached hydrogens (tertiary/aromatic N) is 6. The van der Waals surface area contributed by atoms with Crippen LogP contribution in [0.2, 0.25) is 0 Å². The zero-order valence-electron chi connectivity index (χ0n) is 18.8. The Morgan fingerprint density at radius 1 is 1.09 bits per heavy atom. The molecule has 1 saturated heterocycles. The number of fused-ring (bicyclic) bond motifs is 1. The zero-order chi connectivity index (χ0) is 22.8. The maximum absolute atomic E-state index is 14.8. The first-order chi connectivity index (χ1) is 16.1. The maximum Gasteiger partial charge on any atom is 0.229 e. The van der Waals surface area contributed by atoms with E-state index in [2.05, 4.69) is 53.9 Å². The molecule has 0 unspecified atom stereocenters. The molecule has 0 bridgehead atoms. The van der Waals surface area contributed by atoms with Crippen molar-refractivity contribution in [2.75, 3.05) is 31.5 Å². The van der Waals surface area contributed by atoms with Crippen molar-refractivity contribution in [1.29, 1.82) is 0 Å². The van der Waals surface area contributed by atoms with Gasteiger partial charge in [0.15, 0.2) is 5.82 Å². The molecule has 0 atom stereocenters. The van der Waals surface area contributed by atoms with E-state index in [-0.39, 0.29) is 17.7 Å². The number of aromatic nitrogens is 5. The summed E-state index contributed by atoms with van der Waals surface area (Å²) in [6.07, 6.45) is 6.65. The summed E-state index contributed by atoms with van der Waals surface area (Å²) in [4.78, 5) is 20.0. The van der Waals surface area contributed by atoms with E-state index in [1.54, 1.807) is 6.20 Å². The van der Waals surface area contributed by atoms with E-state index in [0.29, 0.717) is 16.9 Å². The lowest BCUT2D eigenvalue weighted by molar-refractivity contribution is 0.233. The number of rotatable bonds is 6. The van der Waals surface area contributed by atoms with Gasteiger partial charge >= 0.3 is 0 Å². The summed E-state index contributed by atoms with van der Waals surface area (Å²) in [7, 11) is 0. The molecule has 170 valence electrons. The molecule has 0 amide bonds. The lowest BCUT2D eigenvalue weighted by Crippen LogP contribution is -2.42. The second kappa shape index (κ2) is 9.21. The molecule has 0 radical (unpaired) electrons. The molecule has 0 aromatic carbocycles. The Kier molecular flexibility index (Phi) is 5.97. The van der Waals surface area contributed by atoms with Crippen LogP contribution >= 0.6 is 0 Å². The molecule has 9 heteroatoms. The highest BCUT2D eigenvalue weighted by Gasteiger charge is 2.18. The highest BCUT2D eigenvalue weighted by atomic mass is 19.1. The van der Waals surface area contributed by atoms with Crippen LogP contribution in [0, 0.1) is 5.82 Å². The van der Waals surface area contributed by atoms with Gasteiger partial charge in [-0.05, 0) is 37.6 Å². The quantitative estimate of drug-likeness (QED) is 0.467. The van der Waals surface area contributed by atoms with E-state index in [9.17, 15) is 4.39 Å². The van der Waals surface area contributed by atoms with Gasteiger partial charge in [-0.15, -0.1) is 0 Å². The number of hydrogen-bond donors (Lipinski definition) is 2. The summed E-state index contributed by atoms with van der Waals surface area (Å²) in [5, 5.41) is 6.46. The van der Waals surface area contributed by atoms with Crippen LogP contribution in [-0.2, 0) is 6.54 Å². The van der Waals surface area contributed by atoms with Gasteiger partial charge in [0.25, 0.3) is 0 Å². The molecule has 0 saturated carbocycles. The zero-order valence-corrected chi connectivity index (χ0v) is 18.8. The van der Waals surface area contributed by atoms with E-state index >= 15 is 0 Å². The van der Waals surface area contributed by atoms with Gasteiger partial charge in [-0.25, -0.2) is 19.3 Å².